The van der Waals surface area contributed by atoms with Crippen molar-refractivity contribution in [3.63, 3.8) is 0 Å². The van der Waals surface area contributed by atoms with E-state index in [0.29, 0.717) is 0 Å². The van der Waals surface area contributed by atoms with E-state index >= 15 is 0 Å². The normalized spacial score (nSPS) is 27.3. The average molecular weight is 249 g/mol. The summed E-state index contributed by atoms with van der Waals surface area (Å²) in [5.41, 5.74) is 0.592. The first-order valence-corrected chi connectivity index (χ1v) is 6.95. The maximum absolute atomic E-state index is 13.8. The van der Waals surface area contributed by atoms with E-state index in [4.69, 9.17) is 4.74 Å². The topological polar surface area (TPSA) is 21.3 Å². The van der Waals surface area contributed by atoms with Crippen LogP contribution in [0.15, 0.2) is 24.3 Å². The highest BCUT2D eigenvalue weighted by Crippen LogP contribution is 2.36. The Hall–Kier alpha value is -0.930. The van der Waals surface area contributed by atoms with Gasteiger partial charge in [-0.3, -0.25) is 5.32 Å². The van der Waals surface area contributed by atoms with Crippen LogP contribution in [0, 0.1) is 5.82 Å². The Bertz CT molecular complexity index is 409. The quantitative estimate of drug-likeness (QED) is 0.822. The van der Waals surface area contributed by atoms with Gasteiger partial charge in [0.05, 0.1) is 6.61 Å². The summed E-state index contributed by atoms with van der Waals surface area (Å²) in [6, 6.07) is 7.17. The molecule has 0 amide bonds. The van der Waals surface area contributed by atoms with Crippen molar-refractivity contribution in [3.05, 3.63) is 35.6 Å². The van der Waals surface area contributed by atoms with Crippen LogP contribution in [0.2, 0.25) is 0 Å². The van der Waals surface area contributed by atoms with Crippen LogP contribution in [0.25, 0.3) is 0 Å². The standard InChI is InChI=1S/C15H20FNO/c16-13-7-3-2-6-12(13)14-8-11-18-15(17-14)9-4-1-5-10-15/h2-3,6-7,14,17H,1,4-5,8-11H2. The zero-order chi connectivity index (χ0) is 12.4. The van der Waals surface area contributed by atoms with Gasteiger partial charge >= 0.3 is 0 Å². The Morgan fingerprint density at radius 3 is 2.72 bits per heavy atom. The van der Waals surface area contributed by atoms with Gasteiger partial charge < -0.3 is 4.74 Å². The third-order valence-corrected chi connectivity index (χ3v) is 4.16. The fraction of sp³-hybridized carbons (Fsp3) is 0.600. The minimum atomic E-state index is -0.191. The van der Waals surface area contributed by atoms with Crippen LogP contribution >= 0.6 is 0 Å². The van der Waals surface area contributed by atoms with Crippen molar-refractivity contribution >= 4 is 0 Å². The van der Waals surface area contributed by atoms with Gasteiger partial charge in [0.15, 0.2) is 0 Å². The molecule has 1 aromatic carbocycles. The molecule has 1 aliphatic heterocycles. The fourth-order valence-corrected chi connectivity index (χ4v) is 3.21. The highest BCUT2D eigenvalue weighted by molar-refractivity contribution is 5.22. The van der Waals surface area contributed by atoms with E-state index in [-0.39, 0.29) is 17.6 Å². The molecule has 2 aliphatic rings. The second-order valence-corrected chi connectivity index (χ2v) is 5.41. The van der Waals surface area contributed by atoms with Crippen LogP contribution < -0.4 is 5.32 Å². The van der Waals surface area contributed by atoms with E-state index in [0.717, 1.165) is 31.4 Å². The third-order valence-electron chi connectivity index (χ3n) is 4.16. The highest BCUT2D eigenvalue weighted by atomic mass is 19.1. The summed E-state index contributed by atoms with van der Waals surface area (Å²) in [6.07, 6.45) is 6.66. The summed E-state index contributed by atoms with van der Waals surface area (Å²) >= 11 is 0. The Labute approximate surface area is 108 Å². The van der Waals surface area contributed by atoms with Crippen LogP contribution in [0.1, 0.15) is 50.1 Å². The molecule has 2 nitrogen and oxygen atoms in total. The molecule has 18 heavy (non-hydrogen) atoms. The molecule has 0 aromatic heterocycles. The van der Waals surface area contributed by atoms with E-state index < -0.39 is 0 Å². The van der Waals surface area contributed by atoms with Gasteiger partial charge in [0.2, 0.25) is 0 Å². The number of halogens is 1. The monoisotopic (exact) mass is 249 g/mol. The number of nitrogens with one attached hydrogen (secondary N) is 1. The lowest BCUT2D eigenvalue weighted by Gasteiger charge is -2.44. The Balaban J connectivity index is 1.80. The van der Waals surface area contributed by atoms with Crippen molar-refractivity contribution in [1.82, 2.24) is 5.32 Å². The van der Waals surface area contributed by atoms with E-state index in [1.807, 2.05) is 12.1 Å². The first-order valence-electron chi connectivity index (χ1n) is 6.95. The first-order chi connectivity index (χ1) is 8.79. The van der Waals surface area contributed by atoms with E-state index in [9.17, 15) is 4.39 Å². The van der Waals surface area contributed by atoms with Crippen molar-refractivity contribution in [3.8, 4) is 0 Å². The van der Waals surface area contributed by atoms with E-state index in [2.05, 4.69) is 5.32 Å². The highest BCUT2D eigenvalue weighted by Gasteiger charge is 2.38. The lowest BCUT2D eigenvalue weighted by atomic mass is 9.88. The second-order valence-electron chi connectivity index (χ2n) is 5.41. The molecule has 3 rings (SSSR count). The van der Waals surface area contributed by atoms with Crippen molar-refractivity contribution in [2.45, 2.75) is 50.3 Å². The molecule has 3 heteroatoms. The Morgan fingerprint density at radius 1 is 1.17 bits per heavy atom. The molecule has 1 spiro atoms. The van der Waals surface area contributed by atoms with E-state index in [1.54, 1.807) is 12.1 Å². The fourth-order valence-electron chi connectivity index (χ4n) is 3.21. The summed E-state index contributed by atoms with van der Waals surface area (Å²) in [5.74, 6) is -0.108. The van der Waals surface area contributed by atoms with Gasteiger partial charge in [-0.25, -0.2) is 4.39 Å². The summed E-state index contributed by atoms with van der Waals surface area (Å²) in [6.45, 7) is 0.728. The average Bonchev–Trinajstić information content (AvgIpc) is 2.40. The van der Waals surface area contributed by atoms with Crippen LogP contribution in [-0.4, -0.2) is 12.3 Å². The van der Waals surface area contributed by atoms with Crippen LogP contribution in [0.5, 0.6) is 0 Å². The molecule has 1 heterocycles. The maximum atomic E-state index is 13.8. The van der Waals surface area contributed by atoms with Crippen LogP contribution in [0.3, 0.4) is 0 Å². The van der Waals surface area contributed by atoms with Crippen molar-refractivity contribution in [2.75, 3.05) is 6.61 Å². The number of benzene rings is 1. The Morgan fingerprint density at radius 2 is 1.94 bits per heavy atom. The summed E-state index contributed by atoms with van der Waals surface area (Å²) in [4.78, 5) is 0. The number of ether oxygens (including phenoxy) is 1. The van der Waals surface area contributed by atoms with E-state index in [1.165, 1.54) is 19.3 Å². The minimum absolute atomic E-state index is 0.0954. The van der Waals surface area contributed by atoms with Gasteiger partial charge in [0.1, 0.15) is 11.5 Å². The van der Waals surface area contributed by atoms with Gasteiger partial charge in [-0.05, 0) is 38.2 Å². The van der Waals surface area contributed by atoms with Gasteiger partial charge in [0, 0.05) is 11.6 Å². The number of hydrogen-bond acceptors (Lipinski definition) is 2. The molecule has 1 unspecified atom stereocenters. The van der Waals surface area contributed by atoms with Crippen molar-refractivity contribution < 1.29 is 9.13 Å². The lowest BCUT2D eigenvalue weighted by molar-refractivity contribution is -0.131. The molecule has 1 atom stereocenters. The zero-order valence-corrected chi connectivity index (χ0v) is 10.6. The Kier molecular flexibility index (Phi) is 3.35. The van der Waals surface area contributed by atoms with Gasteiger partial charge in [-0.1, -0.05) is 24.6 Å². The molecular formula is C15H20FNO. The zero-order valence-electron chi connectivity index (χ0n) is 10.6. The van der Waals surface area contributed by atoms with Gasteiger partial charge in [0.25, 0.3) is 0 Å². The largest absolute Gasteiger partial charge is 0.361 e. The smallest absolute Gasteiger partial charge is 0.127 e. The molecule has 1 N–H and O–H groups in total. The maximum Gasteiger partial charge on any atom is 0.127 e. The second kappa shape index (κ2) is 4.98. The van der Waals surface area contributed by atoms with Crippen LogP contribution in [0.4, 0.5) is 4.39 Å². The van der Waals surface area contributed by atoms with Crippen LogP contribution in [-0.2, 0) is 4.74 Å². The minimum Gasteiger partial charge on any atom is -0.361 e. The number of rotatable bonds is 1. The first kappa shape index (κ1) is 12.1. The van der Waals surface area contributed by atoms with Crippen molar-refractivity contribution in [2.24, 2.45) is 0 Å². The molecule has 0 bridgehead atoms. The molecular weight excluding hydrogens is 229 g/mol. The number of hydrogen-bond donors (Lipinski definition) is 1. The van der Waals surface area contributed by atoms with Crippen molar-refractivity contribution in [1.29, 1.82) is 0 Å². The molecule has 1 aromatic rings. The third kappa shape index (κ3) is 2.29. The van der Waals surface area contributed by atoms with Gasteiger partial charge in [-0.2, -0.15) is 0 Å². The molecule has 1 aliphatic carbocycles. The SMILES string of the molecule is Fc1ccccc1C1CCOC2(CCCCC2)N1. The molecule has 2 fully saturated rings. The summed E-state index contributed by atoms with van der Waals surface area (Å²) in [5, 5.41) is 3.56. The summed E-state index contributed by atoms with van der Waals surface area (Å²) in [7, 11) is 0. The predicted molar refractivity (Wildman–Crippen MR) is 68.7 cm³/mol. The molecule has 1 saturated heterocycles. The molecule has 0 radical (unpaired) electrons. The lowest BCUT2D eigenvalue weighted by Crippen LogP contribution is -2.54. The predicted octanol–water partition coefficient (Wildman–Crippen LogP) is 3.54. The summed E-state index contributed by atoms with van der Waals surface area (Å²) < 4.78 is 19.8. The van der Waals surface area contributed by atoms with Gasteiger partial charge in [-0.15, -0.1) is 0 Å². The molecule has 1 saturated carbocycles. The molecule has 98 valence electrons.